The topological polar surface area (TPSA) is 44.3 Å². The largest absolute Gasteiger partial charge is 0.357 e. The van der Waals surface area contributed by atoms with E-state index in [0.717, 1.165) is 49.6 Å². The predicted octanol–water partition coefficient (Wildman–Crippen LogP) is 0.581. The lowest BCUT2D eigenvalue weighted by Crippen LogP contribution is -2.46. The summed E-state index contributed by atoms with van der Waals surface area (Å²) in [6.45, 7) is 6.53. The summed E-state index contributed by atoms with van der Waals surface area (Å²) in [6, 6.07) is 0. The zero-order valence-corrected chi connectivity index (χ0v) is 11.7. The zero-order valence-electron chi connectivity index (χ0n) is 10.1. The summed E-state index contributed by atoms with van der Waals surface area (Å²) in [5.41, 5.74) is 0. The van der Waals surface area contributed by atoms with Crippen molar-refractivity contribution in [1.29, 1.82) is 0 Å². The van der Waals surface area contributed by atoms with Crippen molar-refractivity contribution in [3.05, 3.63) is 17.0 Å². The molecular weight excluding hydrogens is 282 g/mol. The molecule has 0 aromatic carbocycles. The average Bonchev–Trinajstić information content (AvgIpc) is 2.38. The van der Waals surface area contributed by atoms with E-state index >= 15 is 0 Å². The highest BCUT2D eigenvalue weighted by Gasteiger charge is 2.12. The smallest absolute Gasteiger partial charge is 0.146 e. The second kappa shape index (κ2) is 6.28. The van der Waals surface area contributed by atoms with Crippen LogP contribution in [0, 0.1) is 0 Å². The number of hydrogen-bond acceptors (Lipinski definition) is 5. The Morgan fingerprint density at radius 2 is 2.24 bits per heavy atom. The standard InChI is InChI=1S/C11H18BrN5/c1-16(11-10(12)8-14-9-15-11)6-7-17-4-2-13-3-5-17/h8-9,13H,2-7H2,1H3. The molecule has 0 bridgehead atoms. The first kappa shape index (κ1) is 12.7. The van der Waals surface area contributed by atoms with Gasteiger partial charge in [-0.2, -0.15) is 0 Å². The highest BCUT2D eigenvalue weighted by Crippen LogP contribution is 2.20. The molecule has 1 aliphatic rings. The van der Waals surface area contributed by atoms with Gasteiger partial charge in [0.15, 0.2) is 0 Å². The van der Waals surface area contributed by atoms with Gasteiger partial charge in [-0.15, -0.1) is 0 Å². The molecule has 0 radical (unpaired) electrons. The minimum atomic E-state index is 0.947. The van der Waals surface area contributed by atoms with Gasteiger partial charge in [0, 0.05) is 52.5 Å². The van der Waals surface area contributed by atoms with Crippen LogP contribution >= 0.6 is 15.9 Å². The molecule has 0 saturated carbocycles. The number of nitrogens with zero attached hydrogens (tertiary/aromatic N) is 4. The SMILES string of the molecule is CN(CCN1CCNCC1)c1ncncc1Br. The maximum Gasteiger partial charge on any atom is 0.146 e. The van der Waals surface area contributed by atoms with Crippen molar-refractivity contribution in [3.63, 3.8) is 0 Å². The van der Waals surface area contributed by atoms with E-state index in [0.29, 0.717) is 0 Å². The number of rotatable bonds is 4. The van der Waals surface area contributed by atoms with Crippen LogP contribution in [0.2, 0.25) is 0 Å². The normalized spacial score (nSPS) is 17.1. The highest BCUT2D eigenvalue weighted by atomic mass is 79.9. The lowest BCUT2D eigenvalue weighted by molar-refractivity contribution is 0.246. The first-order valence-electron chi connectivity index (χ1n) is 5.87. The first-order valence-corrected chi connectivity index (χ1v) is 6.66. The Kier molecular flexibility index (Phi) is 4.70. The number of aromatic nitrogens is 2. The molecule has 1 fully saturated rings. The summed E-state index contributed by atoms with van der Waals surface area (Å²) in [5.74, 6) is 0.954. The maximum atomic E-state index is 4.28. The summed E-state index contributed by atoms with van der Waals surface area (Å²) in [6.07, 6.45) is 3.37. The first-order chi connectivity index (χ1) is 8.27. The highest BCUT2D eigenvalue weighted by molar-refractivity contribution is 9.10. The number of likely N-dealkylation sites (N-methyl/N-ethyl adjacent to an activating group) is 1. The van der Waals surface area contributed by atoms with Crippen LogP contribution < -0.4 is 10.2 Å². The Labute approximate surface area is 110 Å². The van der Waals surface area contributed by atoms with Gasteiger partial charge in [0.2, 0.25) is 0 Å². The van der Waals surface area contributed by atoms with Gasteiger partial charge in [0.1, 0.15) is 12.1 Å². The fourth-order valence-electron chi connectivity index (χ4n) is 1.92. The lowest BCUT2D eigenvalue weighted by Gasteiger charge is -2.29. The maximum absolute atomic E-state index is 4.28. The number of nitrogens with one attached hydrogen (secondary N) is 1. The van der Waals surface area contributed by atoms with E-state index in [1.54, 1.807) is 12.5 Å². The van der Waals surface area contributed by atoms with Crippen molar-refractivity contribution in [2.24, 2.45) is 0 Å². The fraction of sp³-hybridized carbons (Fsp3) is 0.636. The molecule has 2 heterocycles. The van der Waals surface area contributed by atoms with Crippen LogP contribution in [0.25, 0.3) is 0 Å². The second-order valence-electron chi connectivity index (χ2n) is 4.21. The molecule has 6 heteroatoms. The minimum absolute atomic E-state index is 0.947. The van der Waals surface area contributed by atoms with Crippen molar-refractivity contribution in [2.45, 2.75) is 0 Å². The van der Waals surface area contributed by atoms with Gasteiger partial charge in [-0.25, -0.2) is 9.97 Å². The van der Waals surface area contributed by atoms with Gasteiger partial charge < -0.3 is 10.2 Å². The molecule has 1 saturated heterocycles. The monoisotopic (exact) mass is 299 g/mol. The molecule has 0 unspecified atom stereocenters. The third-order valence-electron chi connectivity index (χ3n) is 2.97. The van der Waals surface area contributed by atoms with Crippen LogP contribution in [-0.2, 0) is 0 Å². The molecule has 17 heavy (non-hydrogen) atoms. The molecular formula is C11H18BrN5. The van der Waals surface area contributed by atoms with E-state index in [1.807, 2.05) is 0 Å². The summed E-state index contributed by atoms with van der Waals surface area (Å²) in [4.78, 5) is 12.9. The average molecular weight is 300 g/mol. The van der Waals surface area contributed by atoms with Gasteiger partial charge in [-0.1, -0.05) is 0 Å². The molecule has 0 atom stereocenters. The summed E-state index contributed by atoms with van der Waals surface area (Å²) < 4.78 is 0.947. The van der Waals surface area contributed by atoms with Crippen LogP contribution in [0.15, 0.2) is 17.0 Å². The van der Waals surface area contributed by atoms with Gasteiger partial charge >= 0.3 is 0 Å². The number of halogens is 1. The van der Waals surface area contributed by atoms with Gasteiger partial charge in [-0.3, -0.25) is 4.90 Å². The lowest BCUT2D eigenvalue weighted by atomic mass is 10.3. The molecule has 94 valence electrons. The van der Waals surface area contributed by atoms with E-state index in [2.05, 4.69) is 48.1 Å². The molecule has 0 spiro atoms. The summed E-state index contributed by atoms with van der Waals surface area (Å²) >= 11 is 3.47. The van der Waals surface area contributed by atoms with Crippen molar-refractivity contribution in [2.75, 3.05) is 51.2 Å². The molecule has 1 N–H and O–H groups in total. The Bertz CT molecular complexity index is 353. The molecule has 0 amide bonds. The van der Waals surface area contributed by atoms with Crippen molar-refractivity contribution in [3.8, 4) is 0 Å². The number of hydrogen-bond donors (Lipinski definition) is 1. The third-order valence-corrected chi connectivity index (χ3v) is 3.53. The molecule has 2 rings (SSSR count). The third kappa shape index (κ3) is 3.62. The predicted molar refractivity (Wildman–Crippen MR) is 72.3 cm³/mol. The zero-order chi connectivity index (χ0) is 12.1. The fourth-order valence-corrected chi connectivity index (χ4v) is 2.44. The van der Waals surface area contributed by atoms with Crippen molar-refractivity contribution in [1.82, 2.24) is 20.2 Å². The van der Waals surface area contributed by atoms with E-state index < -0.39 is 0 Å². The van der Waals surface area contributed by atoms with Crippen LogP contribution in [0.4, 0.5) is 5.82 Å². The van der Waals surface area contributed by atoms with E-state index in [9.17, 15) is 0 Å². The molecule has 5 nitrogen and oxygen atoms in total. The Morgan fingerprint density at radius 1 is 1.47 bits per heavy atom. The van der Waals surface area contributed by atoms with Crippen LogP contribution in [0.3, 0.4) is 0 Å². The Balaban J connectivity index is 1.84. The Morgan fingerprint density at radius 3 is 2.94 bits per heavy atom. The van der Waals surface area contributed by atoms with Crippen molar-refractivity contribution >= 4 is 21.7 Å². The summed E-state index contributed by atoms with van der Waals surface area (Å²) in [7, 11) is 2.06. The second-order valence-corrected chi connectivity index (χ2v) is 5.06. The van der Waals surface area contributed by atoms with Crippen LogP contribution in [0.1, 0.15) is 0 Å². The number of anilines is 1. The molecule has 1 aromatic heterocycles. The van der Waals surface area contributed by atoms with Gasteiger partial charge in [0.25, 0.3) is 0 Å². The van der Waals surface area contributed by atoms with Crippen LogP contribution in [-0.4, -0.2) is 61.2 Å². The molecule has 0 aliphatic carbocycles. The van der Waals surface area contributed by atoms with Gasteiger partial charge in [0.05, 0.1) is 4.47 Å². The van der Waals surface area contributed by atoms with E-state index in [1.165, 1.54) is 0 Å². The molecule has 1 aliphatic heterocycles. The quantitative estimate of drug-likeness (QED) is 0.881. The Hall–Kier alpha value is -0.720. The van der Waals surface area contributed by atoms with Crippen molar-refractivity contribution < 1.29 is 0 Å². The van der Waals surface area contributed by atoms with E-state index in [4.69, 9.17) is 0 Å². The minimum Gasteiger partial charge on any atom is -0.357 e. The number of piperazine rings is 1. The summed E-state index contributed by atoms with van der Waals surface area (Å²) in [5, 5.41) is 3.36. The van der Waals surface area contributed by atoms with Crippen LogP contribution in [0.5, 0.6) is 0 Å². The molecule has 1 aromatic rings. The van der Waals surface area contributed by atoms with Gasteiger partial charge in [-0.05, 0) is 15.9 Å². The van der Waals surface area contributed by atoms with E-state index in [-0.39, 0.29) is 0 Å².